The molecular weight excluding hydrogens is 306 g/mol. The van der Waals surface area contributed by atoms with E-state index in [-0.39, 0.29) is 29.5 Å². The van der Waals surface area contributed by atoms with Crippen molar-refractivity contribution in [1.29, 1.82) is 0 Å². The van der Waals surface area contributed by atoms with Crippen LogP contribution in [0, 0.1) is 0 Å². The Kier molecular flexibility index (Phi) is 5.47. The fourth-order valence-electron chi connectivity index (χ4n) is 2.27. The van der Waals surface area contributed by atoms with E-state index in [4.69, 9.17) is 4.74 Å². The quantitative estimate of drug-likeness (QED) is 0.605. The van der Waals surface area contributed by atoms with Crippen molar-refractivity contribution in [1.82, 2.24) is 4.90 Å². The van der Waals surface area contributed by atoms with Gasteiger partial charge in [0.2, 0.25) is 0 Å². The van der Waals surface area contributed by atoms with E-state index < -0.39 is 0 Å². The second kappa shape index (κ2) is 7.55. The van der Waals surface area contributed by atoms with Gasteiger partial charge in [-0.25, -0.2) is 0 Å². The van der Waals surface area contributed by atoms with Crippen molar-refractivity contribution in [2.75, 3.05) is 21.2 Å². The van der Waals surface area contributed by atoms with Gasteiger partial charge in [0.1, 0.15) is 5.75 Å². The normalized spacial score (nSPS) is 10.1. The van der Waals surface area contributed by atoms with E-state index in [0.29, 0.717) is 16.9 Å². The van der Waals surface area contributed by atoms with E-state index in [1.807, 2.05) is 0 Å². The predicted molar refractivity (Wildman–Crippen MR) is 90.7 cm³/mol. The molecule has 0 aromatic heterocycles. The van der Waals surface area contributed by atoms with Gasteiger partial charge >= 0.3 is 0 Å². The van der Waals surface area contributed by atoms with Crippen LogP contribution < -0.4 is 4.74 Å². The number of nitrogens with zero attached hydrogens (tertiary/aromatic N) is 1. The minimum absolute atomic E-state index is 0.262. The van der Waals surface area contributed by atoms with Gasteiger partial charge in [-0.15, -0.1) is 0 Å². The van der Waals surface area contributed by atoms with E-state index in [1.165, 1.54) is 4.90 Å². The van der Waals surface area contributed by atoms with Crippen LogP contribution in [0.4, 0.5) is 0 Å². The van der Waals surface area contributed by atoms with E-state index in [2.05, 4.69) is 0 Å². The number of methoxy groups -OCH3 is 1. The molecule has 0 spiro atoms. The lowest BCUT2D eigenvalue weighted by Gasteiger charge is -2.13. The Hall–Kier alpha value is -2.95. The molecule has 0 aliphatic heterocycles. The number of ketones is 2. The Labute approximate surface area is 140 Å². The zero-order chi connectivity index (χ0) is 17.7. The first-order chi connectivity index (χ1) is 11.4. The van der Waals surface area contributed by atoms with Crippen molar-refractivity contribution in [3.05, 3.63) is 65.2 Å². The molecule has 1 amide bonds. The van der Waals surface area contributed by atoms with E-state index in [0.717, 1.165) is 0 Å². The van der Waals surface area contributed by atoms with Crippen LogP contribution in [0.3, 0.4) is 0 Å². The lowest BCUT2D eigenvalue weighted by atomic mass is 9.97. The maximum atomic E-state index is 12.5. The monoisotopic (exact) mass is 325 g/mol. The number of amides is 1. The molecule has 0 unspecified atom stereocenters. The lowest BCUT2D eigenvalue weighted by molar-refractivity contribution is 0.0814. The van der Waals surface area contributed by atoms with Crippen LogP contribution in [0.15, 0.2) is 48.5 Å². The van der Waals surface area contributed by atoms with Gasteiger partial charge in [-0.1, -0.05) is 18.2 Å². The smallest absolute Gasteiger partial charge is 0.254 e. The van der Waals surface area contributed by atoms with Crippen molar-refractivity contribution in [3.8, 4) is 5.75 Å². The summed E-state index contributed by atoms with van der Waals surface area (Å²) < 4.78 is 5.04. The second-order valence-corrected chi connectivity index (χ2v) is 5.50. The molecule has 0 bridgehead atoms. The van der Waals surface area contributed by atoms with Crippen molar-refractivity contribution >= 4 is 17.5 Å². The third-order valence-electron chi connectivity index (χ3n) is 3.60. The zero-order valence-electron chi connectivity index (χ0n) is 13.9. The summed E-state index contributed by atoms with van der Waals surface area (Å²) in [6, 6.07) is 13.1. The minimum atomic E-state index is -0.374. The Morgan fingerprint density at radius 1 is 0.875 bits per heavy atom. The first-order valence-corrected chi connectivity index (χ1v) is 7.45. The Bertz CT molecular complexity index is 763. The fourth-order valence-corrected chi connectivity index (χ4v) is 2.27. The highest BCUT2D eigenvalue weighted by Gasteiger charge is 2.20. The molecule has 0 heterocycles. The summed E-state index contributed by atoms with van der Waals surface area (Å²) in [5.74, 6) is -0.299. The molecule has 5 nitrogen and oxygen atoms in total. The van der Waals surface area contributed by atoms with Crippen molar-refractivity contribution in [2.24, 2.45) is 0 Å². The summed E-state index contributed by atoms with van der Waals surface area (Å²) in [4.78, 5) is 38.3. The van der Waals surface area contributed by atoms with Gasteiger partial charge < -0.3 is 9.64 Å². The van der Waals surface area contributed by atoms with Crippen LogP contribution >= 0.6 is 0 Å². The fraction of sp³-hybridized carbons (Fsp3) is 0.211. The predicted octanol–water partition coefficient (Wildman–Crippen LogP) is 2.85. The summed E-state index contributed by atoms with van der Waals surface area (Å²) >= 11 is 0. The van der Waals surface area contributed by atoms with Gasteiger partial charge in [0.15, 0.2) is 11.6 Å². The molecular formula is C19H19NO4. The van der Waals surface area contributed by atoms with Crippen LogP contribution in [0.2, 0.25) is 0 Å². The van der Waals surface area contributed by atoms with Crippen LogP contribution in [0.1, 0.15) is 37.5 Å². The molecule has 0 aliphatic rings. The highest BCUT2D eigenvalue weighted by molar-refractivity contribution is 6.17. The SMILES string of the molecule is COc1ccc(C(=O)CC(=O)c2ccccc2C(=O)N(C)C)cc1. The molecule has 2 aromatic carbocycles. The van der Waals surface area contributed by atoms with Crippen LogP contribution in [0.5, 0.6) is 5.75 Å². The molecule has 0 aliphatic carbocycles. The molecule has 24 heavy (non-hydrogen) atoms. The summed E-state index contributed by atoms with van der Waals surface area (Å²) in [5, 5.41) is 0. The summed E-state index contributed by atoms with van der Waals surface area (Å²) in [7, 11) is 4.78. The molecule has 124 valence electrons. The molecule has 0 saturated heterocycles. The van der Waals surface area contributed by atoms with Crippen molar-refractivity contribution in [2.45, 2.75) is 6.42 Å². The average molecular weight is 325 g/mol. The summed E-state index contributed by atoms with van der Waals surface area (Å²) in [6.45, 7) is 0. The number of Topliss-reactive ketones (excluding diaryl/α,β-unsaturated/α-hetero) is 2. The topological polar surface area (TPSA) is 63.7 Å². The molecule has 0 fully saturated rings. The molecule has 0 saturated carbocycles. The molecule has 5 heteroatoms. The van der Waals surface area contributed by atoms with Gasteiger partial charge in [-0.2, -0.15) is 0 Å². The number of hydrogen-bond acceptors (Lipinski definition) is 4. The van der Waals surface area contributed by atoms with Gasteiger partial charge in [-0.3, -0.25) is 14.4 Å². The maximum Gasteiger partial charge on any atom is 0.254 e. The summed E-state index contributed by atoms with van der Waals surface area (Å²) in [6.07, 6.45) is -0.288. The number of benzene rings is 2. The maximum absolute atomic E-state index is 12.5. The van der Waals surface area contributed by atoms with E-state index >= 15 is 0 Å². The first kappa shape index (κ1) is 17.4. The van der Waals surface area contributed by atoms with E-state index in [1.54, 1.807) is 69.7 Å². The van der Waals surface area contributed by atoms with Crippen molar-refractivity contribution < 1.29 is 19.1 Å². The molecule has 2 aromatic rings. The highest BCUT2D eigenvalue weighted by Crippen LogP contribution is 2.17. The Balaban J connectivity index is 2.20. The Morgan fingerprint density at radius 3 is 2.00 bits per heavy atom. The van der Waals surface area contributed by atoms with Gasteiger partial charge in [-0.05, 0) is 30.3 Å². The number of ether oxygens (including phenoxy) is 1. The van der Waals surface area contributed by atoms with Gasteiger partial charge in [0.25, 0.3) is 5.91 Å². The molecule has 0 atom stereocenters. The third kappa shape index (κ3) is 3.87. The van der Waals surface area contributed by atoms with E-state index in [9.17, 15) is 14.4 Å². The average Bonchev–Trinajstić information content (AvgIpc) is 2.60. The van der Waals surface area contributed by atoms with Crippen LogP contribution in [-0.2, 0) is 0 Å². The number of carbonyl (C=O) groups excluding carboxylic acids is 3. The standard InChI is InChI=1S/C19H19NO4/c1-20(2)19(23)16-7-5-4-6-15(16)18(22)12-17(21)13-8-10-14(24-3)11-9-13/h4-11H,12H2,1-3H3. The summed E-state index contributed by atoms with van der Waals surface area (Å²) in [5.41, 5.74) is 0.994. The number of carbonyl (C=O) groups is 3. The first-order valence-electron chi connectivity index (χ1n) is 7.45. The Morgan fingerprint density at radius 2 is 1.46 bits per heavy atom. The molecule has 2 rings (SSSR count). The minimum Gasteiger partial charge on any atom is -0.497 e. The largest absolute Gasteiger partial charge is 0.497 e. The zero-order valence-corrected chi connectivity index (χ0v) is 13.9. The number of hydrogen-bond donors (Lipinski definition) is 0. The van der Waals surface area contributed by atoms with Crippen LogP contribution in [-0.4, -0.2) is 43.6 Å². The number of rotatable bonds is 6. The third-order valence-corrected chi connectivity index (χ3v) is 3.60. The van der Waals surface area contributed by atoms with Crippen LogP contribution in [0.25, 0.3) is 0 Å². The van der Waals surface area contributed by atoms with Gasteiger partial charge in [0.05, 0.1) is 19.1 Å². The molecule has 0 N–H and O–H groups in total. The van der Waals surface area contributed by atoms with Gasteiger partial charge in [0, 0.05) is 25.2 Å². The highest BCUT2D eigenvalue weighted by atomic mass is 16.5. The second-order valence-electron chi connectivity index (χ2n) is 5.50. The van der Waals surface area contributed by atoms with Crippen molar-refractivity contribution in [3.63, 3.8) is 0 Å². The molecule has 0 radical (unpaired) electrons. The lowest BCUT2D eigenvalue weighted by Crippen LogP contribution is -2.24.